The summed E-state index contributed by atoms with van der Waals surface area (Å²) in [4.78, 5) is 40.3. The van der Waals surface area contributed by atoms with E-state index in [0.717, 1.165) is 0 Å². The molecule has 0 fully saturated rings. The van der Waals surface area contributed by atoms with Gasteiger partial charge in [0.05, 0.1) is 0 Å². The molecule has 0 amide bonds. The van der Waals surface area contributed by atoms with E-state index in [4.69, 9.17) is 0 Å². The zero-order valence-electron chi connectivity index (χ0n) is 16.9. The Labute approximate surface area is 198 Å². The molecule has 168 valence electrons. The van der Waals surface area contributed by atoms with Gasteiger partial charge in [-0.3, -0.25) is 0 Å². The predicted molar refractivity (Wildman–Crippen MR) is 122 cm³/mol. The van der Waals surface area contributed by atoms with Gasteiger partial charge in [0.1, 0.15) is 26.0 Å². The summed E-state index contributed by atoms with van der Waals surface area (Å²) in [6, 6.07) is 11.3. The molecule has 0 radical (unpaired) electrons. The number of nitrogens with zero attached hydrogens (tertiary/aromatic N) is 6. The number of nitro groups is 3. The Hall–Kier alpha value is -3.39. The highest BCUT2D eigenvalue weighted by molar-refractivity contribution is 9.11. The Morgan fingerprint density at radius 3 is 1.31 bits per heavy atom. The van der Waals surface area contributed by atoms with Gasteiger partial charge in [0, 0.05) is 26.8 Å². The lowest BCUT2D eigenvalue weighted by Crippen LogP contribution is -1.94. The normalized spacial score (nSPS) is 9.53. The minimum atomic E-state index is -0.517. The second-order valence-electron chi connectivity index (χ2n) is 5.92. The third-order valence-corrected chi connectivity index (χ3v) is 4.58. The number of halogens is 2. The van der Waals surface area contributed by atoms with Gasteiger partial charge in [-0.1, -0.05) is 0 Å². The van der Waals surface area contributed by atoms with Crippen molar-refractivity contribution in [3.63, 3.8) is 0 Å². The van der Waals surface area contributed by atoms with Crippen LogP contribution in [0.5, 0.6) is 0 Å². The van der Waals surface area contributed by atoms with E-state index in [2.05, 4.69) is 46.8 Å². The van der Waals surface area contributed by atoms with Crippen LogP contribution in [0.25, 0.3) is 0 Å². The molecule has 12 nitrogen and oxygen atoms in total. The molecule has 3 aromatic rings. The third-order valence-electron chi connectivity index (χ3n) is 3.34. The fraction of sp³-hybridized carbons (Fsp3) is 0.167. The summed E-state index contributed by atoms with van der Waals surface area (Å²) in [6.45, 7) is 5.13. The molecule has 3 aromatic heterocycles. The minimum Gasteiger partial charge on any atom is -0.358 e. The van der Waals surface area contributed by atoms with E-state index in [9.17, 15) is 30.3 Å². The lowest BCUT2D eigenvalue weighted by molar-refractivity contribution is -0.390. The van der Waals surface area contributed by atoms with Gasteiger partial charge in [0.15, 0.2) is 0 Å². The quantitative estimate of drug-likeness (QED) is 0.294. The number of hydrogen-bond acceptors (Lipinski definition) is 9. The summed E-state index contributed by atoms with van der Waals surface area (Å²) in [5.74, 6) is -0.366. The molecule has 3 rings (SSSR count). The van der Waals surface area contributed by atoms with E-state index in [0.29, 0.717) is 26.0 Å². The highest BCUT2D eigenvalue weighted by Crippen LogP contribution is 2.22. The number of aryl methyl sites for hydroxylation is 3. The molecule has 0 saturated carbocycles. The molecule has 14 heteroatoms. The number of hydrogen-bond donors (Lipinski definition) is 0. The maximum absolute atomic E-state index is 10.3. The molecule has 0 unspecified atom stereocenters. The SMILES string of the molecule is Cc1ccc(Br)c([N+](=O)[O-])n1.Cc1ccc(Br)c([N+](=O)[O-])n1.Cc1cccc([N+](=O)[O-])n1. The number of rotatable bonds is 3. The maximum Gasteiger partial charge on any atom is 0.378 e. The molecular formula is C18H16Br2N6O6. The predicted octanol–water partition coefficient (Wildman–Crippen LogP) is 5.42. The van der Waals surface area contributed by atoms with Crippen molar-refractivity contribution in [2.75, 3.05) is 0 Å². The summed E-state index contributed by atoms with van der Waals surface area (Å²) in [5, 5.41) is 30.7. The molecule has 0 aromatic carbocycles. The molecular weight excluding hydrogens is 556 g/mol. The van der Waals surface area contributed by atoms with Gasteiger partial charge in [0.25, 0.3) is 0 Å². The van der Waals surface area contributed by atoms with Crippen LogP contribution in [0.1, 0.15) is 17.1 Å². The van der Waals surface area contributed by atoms with E-state index in [1.807, 2.05) is 0 Å². The summed E-state index contributed by atoms with van der Waals surface area (Å²) in [6.07, 6.45) is 0. The third kappa shape index (κ3) is 8.77. The Morgan fingerprint density at radius 2 is 1.03 bits per heavy atom. The van der Waals surface area contributed by atoms with E-state index in [1.54, 1.807) is 57.2 Å². The molecule has 0 N–H and O–H groups in total. The zero-order chi connectivity index (χ0) is 24.4. The van der Waals surface area contributed by atoms with Crippen LogP contribution in [0, 0.1) is 51.1 Å². The molecule has 0 bridgehead atoms. The Balaban J connectivity index is 0.000000240. The topological polar surface area (TPSA) is 168 Å². The average molecular weight is 572 g/mol. The van der Waals surface area contributed by atoms with Crippen molar-refractivity contribution in [2.45, 2.75) is 20.8 Å². The molecule has 0 aliphatic rings. The van der Waals surface area contributed by atoms with Crippen molar-refractivity contribution in [3.8, 4) is 0 Å². The molecule has 0 atom stereocenters. The lowest BCUT2D eigenvalue weighted by Gasteiger charge is -1.93. The highest BCUT2D eigenvalue weighted by atomic mass is 79.9. The smallest absolute Gasteiger partial charge is 0.358 e. The van der Waals surface area contributed by atoms with Crippen molar-refractivity contribution in [1.29, 1.82) is 0 Å². The lowest BCUT2D eigenvalue weighted by atomic mass is 10.4. The Morgan fingerprint density at radius 1 is 0.625 bits per heavy atom. The summed E-state index contributed by atoms with van der Waals surface area (Å²) >= 11 is 6.05. The summed E-state index contributed by atoms with van der Waals surface area (Å²) in [5.41, 5.74) is 1.94. The van der Waals surface area contributed by atoms with Gasteiger partial charge in [-0.05, 0) is 98.0 Å². The summed E-state index contributed by atoms with van der Waals surface area (Å²) in [7, 11) is 0. The second kappa shape index (κ2) is 12.5. The van der Waals surface area contributed by atoms with Crippen LogP contribution in [-0.4, -0.2) is 29.7 Å². The van der Waals surface area contributed by atoms with Crippen LogP contribution in [0.2, 0.25) is 0 Å². The Kier molecular flexibility index (Phi) is 10.4. The van der Waals surface area contributed by atoms with Gasteiger partial charge in [-0.15, -0.1) is 0 Å². The second-order valence-corrected chi connectivity index (χ2v) is 7.63. The molecule has 0 aliphatic carbocycles. The molecule has 3 heterocycles. The molecule has 0 spiro atoms. The van der Waals surface area contributed by atoms with Gasteiger partial charge < -0.3 is 30.3 Å². The van der Waals surface area contributed by atoms with Crippen molar-refractivity contribution in [2.24, 2.45) is 0 Å². The maximum atomic E-state index is 10.3. The van der Waals surface area contributed by atoms with Gasteiger partial charge in [-0.2, -0.15) is 0 Å². The van der Waals surface area contributed by atoms with E-state index >= 15 is 0 Å². The first-order valence-electron chi connectivity index (χ1n) is 8.55. The van der Waals surface area contributed by atoms with Crippen molar-refractivity contribution in [3.05, 3.63) is 98.8 Å². The zero-order valence-corrected chi connectivity index (χ0v) is 20.1. The van der Waals surface area contributed by atoms with E-state index in [1.165, 1.54) is 6.07 Å². The standard InChI is InChI=1S/2C6H5BrN2O2.C6H6N2O2/c2*1-4-2-3-5(7)6(8-4)9(10)11;1-5-3-2-4-6(7-5)8(9)10/h2*2-3H,1H3;2-4H,1H3. The summed E-state index contributed by atoms with van der Waals surface area (Å²) < 4.78 is 0.821. The first-order chi connectivity index (χ1) is 14.9. The van der Waals surface area contributed by atoms with Gasteiger partial charge in [-0.25, -0.2) is 0 Å². The van der Waals surface area contributed by atoms with Crippen LogP contribution in [0.4, 0.5) is 17.5 Å². The fourth-order valence-electron chi connectivity index (χ4n) is 1.94. The van der Waals surface area contributed by atoms with E-state index < -0.39 is 14.8 Å². The molecule has 0 saturated heterocycles. The van der Waals surface area contributed by atoms with Crippen molar-refractivity contribution in [1.82, 2.24) is 15.0 Å². The molecule has 0 aliphatic heterocycles. The van der Waals surface area contributed by atoms with Crippen molar-refractivity contribution >= 4 is 49.3 Å². The van der Waals surface area contributed by atoms with Crippen LogP contribution in [0.3, 0.4) is 0 Å². The van der Waals surface area contributed by atoms with Crippen LogP contribution in [0.15, 0.2) is 51.4 Å². The largest absolute Gasteiger partial charge is 0.378 e. The first-order valence-corrected chi connectivity index (χ1v) is 10.1. The van der Waals surface area contributed by atoms with Gasteiger partial charge in [0.2, 0.25) is 0 Å². The minimum absolute atomic E-state index is 0.0972. The van der Waals surface area contributed by atoms with Crippen LogP contribution >= 0.6 is 31.9 Å². The first kappa shape index (κ1) is 26.6. The number of pyridine rings is 3. The van der Waals surface area contributed by atoms with Crippen molar-refractivity contribution < 1.29 is 14.8 Å². The van der Waals surface area contributed by atoms with E-state index in [-0.39, 0.29) is 17.5 Å². The molecule has 32 heavy (non-hydrogen) atoms. The monoisotopic (exact) mass is 570 g/mol. The number of aromatic nitrogens is 3. The highest BCUT2D eigenvalue weighted by Gasteiger charge is 2.13. The fourth-order valence-corrected chi connectivity index (χ4v) is 2.67. The Bertz CT molecular complexity index is 1080. The van der Waals surface area contributed by atoms with Gasteiger partial charge >= 0.3 is 17.5 Å². The average Bonchev–Trinajstić information content (AvgIpc) is 2.72. The van der Waals surface area contributed by atoms with Crippen LogP contribution in [-0.2, 0) is 0 Å². The van der Waals surface area contributed by atoms with Crippen LogP contribution < -0.4 is 0 Å².